The van der Waals surface area contributed by atoms with Gasteiger partial charge in [-0.2, -0.15) is 0 Å². The van der Waals surface area contributed by atoms with Gasteiger partial charge in [-0.25, -0.2) is 0 Å². The third-order valence-corrected chi connectivity index (χ3v) is 5.14. The van der Waals surface area contributed by atoms with E-state index in [0.29, 0.717) is 0 Å². The van der Waals surface area contributed by atoms with Gasteiger partial charge in [0.25, 0.3) is 0 Å². The van der Waals surface area contributed by atoms with Gasteiger partial charge < -0.3 is 10.1 Å². The van der Waals surface area contributed by atoms with E-state index in [1.807, 2.05) is 25.3 Å². The van der Waals surface area contributed by atoms with Crippen molar-refractivity contribution < 1.29 is 4.74 Å². The zero-order valence-electron chi connectivity index (χ0n) is 17.8. The molecule has 0 aliphatic heterocycles. The fraction of sp³-hybridized carbons (Fsp3) is 0.214. The molecule has 0 aromatic heterocycles. The molecular formula is C28H31NO. The number of hydrogen-bond donors (Lipinski definition) is 1. The van der Waals surface area contributed by atoms with Crippen LogP contribution in [0.25, 0.3) is 11.1 Å². The molecular weight excluding hydrogens is 366 g/mol. The Labute approximate surface area is 180 Å². The summed E-state index contributed by atoms with van der Waals surface area (Å²) < 4.78 is 6.64. The second-order valence-corrected chi connectivity index (χ2v) is 7.43. The summed E-state index contributed by atoms with van der Waals surface area (Å²) in [6.45, 7) is 8.65. The molecule has 2 nitrogen and oxygen atoms in total. The van der Waals surface area contributed by atoms with Crippen LogP contribution >= 0.6 is 0 Å². The molecule has 0 aliphatic rings. The molecule has 0 bridgehead atoms. The minimum absolute atomic E-state index is 0.0148. The average molecular weight is 398 g/mol. The Hall–Kier alpha value is -3.10. The third-order valence-electron chi connectivity index (χ3n) is 5.14. The normalized spacial score (nSPS) is 11.6. The molecule has 0 heterocycles. The van der Waals surface area contributed by atoms with Crippen LogP contribution in [-0.4, -0.2) is 13.6 Å². The van der Waals surface area contributed by atoms with E-state index in [1.165, 1.54) is 16.7 Å². The molecule has 30 heavy (non-hydrogen) atoms. The van der Waals surface area contributed by atoms with Gasteiger partial charge in [-0.05, 0) is 60.8 Å². The molecule has 1 unspecified atom stereocenters. The number of nitrogens with one attached hydrogen (secondary N) is 1. The van der Waals surface area contributed by atoms with Gasteiger partial charge in [-0.15, -0.1) is 13.2 Å². The first kappa shape index (κ1) is 21.6. The predicted molar refractivity (Wildman–Crippen MR) is 128 cm³/mol. The second kappa shape index (κ2) is 11.2. The van der Waals surface area contributed by atoms with Gasteiger partial charge in [0, 0.05) is 12.0 Å². The molecule has 0 amide bonds. The quantitative estimate of drug-likeness (QED) is 0.371. The minimum Gasteiger partial charge on any atom is -0.485 e. The zero-order chi connectivity index (χ0) is 21.2. The van der Waals surface area contributed by atoms with E-state index in [1.54, 1.807) is 0 Å². The summed E-state index contributed by atoms with van der Waals surface area (Å²) in [4.78, 5) is 0. The lowest BCUT2D eigenvalue weighted by molar-refractivity contribution is 0.196. The van der Waals surface area contributed by atoms with Crippen LogP contribution in [0, 0.1) is 0 Å². The van der Waals surface area contributed by atoms with Crippen molar-refractivity contribution in [1.29, 1.82) is 0 Å². The fourth-order valence-electron chi connectivity index (χ4n) is 3.62. The molecule has 1 atom stereocenters. The molecule has 0 fully saturated rings. The Kier molecular flexibility index (Phi) is 8.05. The van der Waals surface area contributed by atoms with Crippen LogP contribution in [0.3, 0.4) is 0 Å². The van der Waals surface area contributed by atoms with Crippen molar-refractivity contribution in [1.82, 2.24) is 5.32 Å². The van der Waals surface area contributed by atoms with Crippen LogP contribution in [0.5, 0.6) is 5.75 Å². The van der Waals surface area contributed by atoms with Crippen molar-refractivity contribution in [3.8, 4) is 16.9 Å². The van der Waals surface area contributed by atoms with E-state index in [4.69, 9.17) is 4.74 Å². The van der Waals surface area contributed by atoms with Gasteiger partial charge in [0.15, 0.2) is 0 Å². The number of ether oxygens (including phenoxy) is 1. The van der Waals surface area contributed by atoms with Crippen molar-refractivity contribution >= 4 is 0 Å². The van der Waals surface area contributed by atoms with E-state index in [-0.39, 0.29) is 6.10 Å². The Balaban J connectivity index is 2.01. The topological polar surface area (TPSA) is 21.3 Å². The zero-order valence-corrected chi connectivity index (χ0v) is 17.8. The van der Waals surface area contributed by atoms with Crippen molar-refractivity contribution in [2.24, 2.45) is 0 Å². The Morgan fingerprint density at radius 3 is 2.30 bits per heavy atom. The van der Waals surface area contributed by atoms with Gasteiger partial charge in [0.05, 0.1) is 0 Å². The minimum atomic E-state index is -0.0148. The van der Waals surface area contributed by atoms with E-state index >= 15 is 0 Å². The van der Waals surface area contributed by atoms with E-state index < -0.39 is 0 Å². The van der Waals surface area contributed by atoms with Gasteiger partial charge in [0.1, 0.15) is 11.9 Å². The largest absolute Gasteiger partial charge is 0.485 e. The van der Waals surface area contributed by atoms with Crippen LogP contribution in [0.2, 0.25) is 0 Å². The molecule has 1 N–H and O–H groups in total. The molecule has 154 valence electrons. The molecule has 3 aromatic rings. The molecule has 0 aliphatic carbocycles. The maximum absolute atomic E-state index is 6.64. The van der Waals surface area contributed by atoms with E-state index in [0.717, 1.165) is 42.7 Å². The average Bonchev–Trinajstić information content (AvgIpc) is 2.78. The van der Waals surface area contributed by atoms with Crippen LogP contribution in [0.15, 0.2) is 98.1 Å². The van der Waals surface area contributed by atoms with Crippen LogP contribution in [0.4, 0.5) is 0 Å². The summed E-state index contributed by atoms with van der Waals surface area (Å²) in [6, 6.07) is 25.5. The second-order valence-electron chi connectivity index (χ2n) is 7.43. The lowest BCUT2D eigenvalue weighted by atomic mass is 9.97. The monoisotopic (exact) mass is 397 g/mol. The van der Waals surface area contributed by atoms with Crippen molar-refractivity contribution in [2.75, 3.05) is 13.6 Å². The fourth-order valence-corrected chi connectivity index (χ4v) is 3.62. The lowest BCUT2D eigenvalue weighted by Crippen LogP contribution is -2.16. The number of allylic oxidation sites excluding steroid dienone is 2. The van der Waals surface area contributed by atoms with Crippen molar-refractivity contribution in [2.45, 2.75) is 25.4 Å². The highest BCUT2D eigenvalue weighted by atomic mass is 16.5. The lowest BCUT2D eigenvalue weighted by Gasteiger charge is -2.22. The van der Waals surface area contributed by atoms with Crippen LogP contribution in [0.1, 0.15) is 29.2 Å². The Morgan fingerprint density at radius 1 is 0.867 bits per heavy atom. The number of hydrogen-bond acceptors (Lipinski definition) is 2. The molecule has 2 heteroatoms. The maximum atomic E-state index is 6.64. The first-order valence-corrected chi connectivity index (χ1v) is 10.6. The molecule has 3 aromatic carbocycles. The summed E-state index contributed by atoms with van der Waals surface area (Å²) >= 11 is 0. The van der Waals surface area contributed by atoms with Crippen LogP contribution < -0.4 is 10.1 Å². The van der Waals surface area contributed by atoms with Gasteiger partial charge >= 0.3 is 0 Å². The number of benzene rings is 3. The highest BCUT2D eigenvalue weighted by Gasteiger charge is 2.16. The third kappa shape index (κ3) is 5.71. The van der Waals surface area contributed by atoms with Gasteiger partial charge in [-0.1, -0.05) is 72.8 Å². The molecule has 0 saturated heterocycles. The summed E-state index contributed by atoms with van der Waals surface area (Å²) in [5.41, 5.74) is 5.95. The SMILES string of the molecule is C=CCc1cccc(-c2cc(CC=C)ccc2OC(CCNC)c2ccccc2)c1. The molecule has 3 rings (SSSR count). The van der Waals surface area contributed by atoms with Crippen molar-refractivity contribution in [3.05, 3.63) is 115 Å². The Morgan fingerprint density at radius 2 is 1.60 bits per heavy atom. The van der Waals surface area contributed by atoms with Gasteiger partial charge in [-0.3, -0.25) is 0 Å². The highest BCUT2D eigenvalue weighted by molar-refractivity contribution is 5.72. The first-order chi connectivity index (χ1) is 14.7. The molecule has 0 radical (unpaired) electrons. The molecule has 0 saturated carbocycles. The summed E-state index contributed by atoms with van der Waals surface area (Å²) in [7, 11) is 1.97. The van der Waals surface area contributed by atoms with Crippen LogP contribution in [-0.2, 0) is 12.8 Å². The molecule has 0 spiro atoms. The standard InChI is InChI=1S/C28H31NO/c1-4-10-22-12-9-15-25(20-22)26-21-23(11-5-2)16-17-28(26)30-27(18-19-29-3)24-13-7-6-8-14-24/h4-9,12-17,20-21,27,29H,1-2,10-11,18-19H2,3H3. The smallest absolute Gasteiger partial charge is 0.128 e. The number of rotatable bonds is 11. The highest BCUT2D eigenvalue weighted by Crippen LogP contribution is 2.35. The van der Waals surface area contributed by atoms with Crippen molar-refractivity contribution in [3.63, 3.8) is 0 Å². The Bertz CT molecular complexity index is 961. The summed E-state index contributed by atoms with van der Waals surface area (Å²) in [6.07, 6.45) is 6.44. The predicted octanol–water partition coefficient (Wildman–Crippen LogP) is 6.54. The maximum Gasteiger partial charge on any atom is 0.128 e. The van der Waals surface area contributed by atoms with E-state index in [9.17, 15) is 0 Å². The van der Waals surface area contributed by atoms with E-state index in [2.05, 4.69) is 85.2 Å². The summed E-state index contributed by atoms with van der Waals surface area (Å²) in [5.74, 6) is 0.906. The first-order valence-electron chi connectivity index (χ1n) is 10.6. The van der Waals surface area contributed by atoms with Gasteiger partial charge in [0.2, 0.25) is 0 Å². The summed E-state index contributed by atoms with van der Waals surface area (Å²) in [5, 5.41) is 3.25.